The van der Waals surface area contributed by atoms with Crippen LogP contribution >= 0.6 is 24.4 Å². The molecule has 0 aliphatic rings. The fourth-order valence-electron chi connectivity index (χ4n) is 10.6. The number of carboxylic acid groups (broad SMARTS) is 1. The number of thioether (sulfide) groups is 1. The van der Waals surface area contributed by atoms with Gasteiger partial charge in [-0.2, -0.15) is 24.4 Å². The monoisotopic (exact) mass is 1480 g/mol. The van der Waals surface area contributed by atoms with Gasteiger partial charge in [-0.15, -0.1) is 0 Å². The summed E-state index contributed by atoms with van der Waals surface area (Å²) >= 11 is 5.55. The van der Waals surface area contributed by atoms with E-state index in [4.69, 9.17) is 16.6 Å². The molecule has 0 fully saturated rings. The quantitative estimate of drug-likeness (QED) is 0.0188. The van der Waals surface area contributed by atoms with Gasteiger partial charge in [-0.3, -0.25) is 62.3 Å². The van der Waals surface area contributed by atoms with Crippen LogP contribution < -0.4 is 75.3 Å². The van der Waals surface area contributed by atoms with Gasteiger partial charge in [0.2, 0.25) is 70.9 Å². The van der Waals surface area contributed by atoms with Crippen molar-refractivity contribution in [1.29, 1.82) is 0 Å². The van der Waals surface area contributed by atoms with Gasteiger partial charge in [0.25, 0.3) is 0 Å². The molecule has 0 spiro atoms. The number of aliphatic carboxylic acids is 1. The maximum atomic E-state index is 14.9. The number of unbranched alkanes of at least 4 members (excludes halogenated alkanes) is 1. The van der Waals surface area contributed by atoms with Gasteiger partial charge in [-0.05, 0) is 110 Å². The van der Waals surface area contributed by atoms with Crippen molar-refractivity contribution in [3.63, 3.8) is 0 Å². The minimum Gasteiger partial charge on any atom is -0.508 e. The summed E-state index contributed by atoms with van der Waals surface area (Å²) in [7, 11) is 0. The molecule has 568 valence electrons. The molecule has 0 bridgehead atoms. The van der Waals surface area contributed by atoms with E-state index in [9.17, 15) is 72.5 Å². The van der Waals surface area contributed by atoms with Gasteiger partial charge in [0.1, 0.15) is 72.7 Å². The molecule has 0 aliphatic carbocycles. The molecule has 0 saturated heterocycles. The largest absolute Gasteiger partial charge is 0.508 e. The highest BCUT2D eigenvalue weighted by Gasteiger charge is 2.37. The molecule has 0 aliphatic heterocycles. The molecule has 32 heteroatoms. The molecular weight excluding hydrogens is 1380 g/mol. The van der Waals surface area contributed by atoms with Gasteiger partial charge >= 0.3 is 5.97 Å². The average Bonchev–Trinajstić information content (AvgIpc) is 0.851. The molecular formula is C72H102N14O16S2. The van der Waals surface area contributed by atoms with E-state index in [1.165, 1.54) is 43.0 Å². The van der Waals surface area contributed by atoms with Gasteiger partial charge in [-0.1, -0.05) is 131 Å². The summed E-state index contributed by atoms with van der Waals surface area (Å²) in [5.74, 6) is -11.5. The van der Waals surface area contributed by atoms with Crippen LogP contribution in [0.3, 0.4) is 0 Å². The molecule has 12 amide bonds. The minimum atomic E-state index is -1.81. The third kappa shape index (κ3) is 31.9. The smallest absolute Gasteiger partial charge is 0.322 e. The third-order valence-corrected chi connectivity index (χ3v) is 17.2. The number of nitrogens with one attached hydrogen (secondary N) is 12. The lowest BCUT2D eigenvalue weighted by Crippen LogP contribution is -2.61. The van der Waals surface area contributed by atoms with Crippen LogP contribution in [0.15, 0.2) is 115 Å². The Kier molecular flexibility index (Phi) is 38.5. The molecule has 11 atom stereocenters. The van der Waals surface area contributed by atoms with Crippen LogP contribution in [0.1, 0.15) is 95.4 Å². The van der Waals surface area contributed by atoms with Crippen LogP contribution in [0.4, 0.5) is 0 Å². The van der Waals surface area contributed by atoms with E-state index in [1.807, 2.05) is 13.8 Å². The molecule has 0 saturated carbocycles. The van der Waals surface area contributed by atoms with Gasteiger partial charge < -0.3 is 90.6 Å². The highest BCUT2D eigenvalue weighted by molar-refractivity contribution is 7.98. The molecule has 0 radical (unpaired) electrons. The fourth-order valence-corrected chi connectivity index (χ4v) is 11.3. The number of aliphatic hydroxyl groups is 1. The number of carboxylic acids is 1. The summed E-state index contributed by atoms with van der Waals surface area (Å²) in [5.41, 5.74) is 14.1. The predicted molar refractivity (Wildman–Crippen MR) is 395 cm³/mol. The van der Waals surface area contributed by atoms with E-state index in [0.29, 0.717) is 40.8 Å². The highest BCUT2D eigenvalue weighted by atomic mass is 32.2. The van der Waals surface area contributed by atoms with Crippen LogP contribution in [0.25, 0.3) is 0 Å². The number of hydrogen-bond donors (Lipinski definition) is 18. The van der Waals surface area contributed by atoms with Crippen molar-refractivity contribution in [3.05, 3.63) is 138 Å². The van der Waals surface area contributed by atoms with E-state index >= 15 is 0 Å². The maximum absolute atomic E-state index is 14.9. The molecule has 104 heavy (non-hydrogen) atoms. The maximum Gasteiger partial charge on any atom is 0.322 e. The molecule has 4 aromatic rings. The van der Waals surface area contributed by atoms with Gasteiger partial charge in [0.05, 0.1) is 19.2 Å². The van der Waals surface area contributed by atoms with Crippen molar-refractivity contribution in [1.82, 2.24) is 63.8 Å². The summed E-state index contributed by atoms with van der Waals surface area (Å²) in [4.78, 5) is 179. The summed E-state index contributed by atoms with van der Waals surface area (Å²) < 4.78 is 0. The Morgan fingerprint density at radius 2 is 0.798 bits per heavy atom. The van der Waals surface area contributed by atoms with Crippen molar-refractivity contribution >= 4 is 101 Å². The zero-order valence-corrected chi connectivity index (χ0v) is 61.2. The number of hydrogen-bond acceptors (Lipinski definition) is 19. The first-order valence-corrected chi connectivity index (χ1v) is 36.4. The SMILES string of the molecule is CSCC[C@H](NC(=O)[C@H](C)NC(=O)[C@H](CS)NC(=O)[C@@H](N)CC(C)C)C(=O)N[C@@H](Cc1ccc(O)cc1)C(=O)N[C@@H](CO)C(=O)N[C@@H](Cc1ccccc1)C(=O)N[C@@H](CCCCN)C(=O)N[C@@H](Cc1ccccc1)C(=O)N[C@@H](CC(C)C)C(=O)N[C@@H](Cc1ccccc1)C(=O)NCC(=O)NCC(=O)O. The first-order chi connectivity index (χ1) is 49.5. The third-order valence-electron chi connectivity index (χ3n) is 16.2. The van der Waals surface area contributed by atoms with Crippen molar-refractivity contribution in [3.8, 4) is 5.75 Å². The van der Waals surface area contributed by atoms with E-state index in [0.717, 1.165) is 0 Å². The topological polar surface area (TPSA) is 479 Å². The Bertz CT molecular complexity index is 3460. The number of nitrogens with two attached hydrogens (primary N) is 2. The van der Waals surface area contributed by atoms with Gasteiger partial charge in [0, 0.05) is 31.4 Å². The minimum absolute atomic E-state index is 0.0229. The van der Waals surface area contributed by atoms with Gasteiger partial charge in [-0.25, -0.2) is 0 Å². The zero-order valence-electron chi connectivity index (χ0n) is 59.4. The number of carbonyl (C=O) groups is 13. The molecule has 19 N–H and O–H groups in total. The fraction of sp³-hybridized carbons (Fsp3) is 0.486. The molecule has 30 nitrogen and oxygen atoms in total. The van der Waals surface area contributed by atoms with Crippen LogP contribution in [0, 0.1) is 11.8 Å². The molecule has 0 heterocycles. The first-order valence-electron chi connectivity index (χ1n) is 34.4. The number of benzene rings is 4. The lowest BCUT2D eigenvalue weighted by molar-refractivity contribution is -0.138. The summed E-state index contributed by atoms with van der Waals surface area (Å²) in [6.45, 7) is 6.55. The zero-order chi connectivity index (χ0) is 76.8. The lowest BCUT2D eigenvalue weighted by Gasteiger charge is -2.28. The summed E-state index contributed by atoms with van der Waals surface area (Å²) in [6, 6.07) is 16.3. The highest BCUT2D eigenvalue weighted by Crippen LogP contribution is 2.16. The van der Waals surface area contributed by atoms with E-state index < -0.39 is 163 Å². The van der Waals surface area contributed by atoms with Crippen LogP contribution in [-0.4, -0.2) is 203 Å². The van der Waals surface area contributed by atoms with Gasteiger partial charge in [0.15, 0.2) is 0 Å². The number of phenols is 1. The number of amides is 12. The Balaban J connectivity index is 1.62. The Morgan fingerprint density at radius 1 is 0.423 bits per heavy atom. The Hall–Kier alpha value is -9.63. The number of thiol groups is 1. The molecule has 4 aromatic carbocycles. The second-order valence-corrected chi connectivity index (χ2v) is 27.3. The summed E-state index contributed by atoms with van der Waals surface area (Å²) in [6.07, 6.45) is 2.13. The number of carbonyl (C=O) groups excluding carboxylic acids is 12. The lowest BCUT2D eigenvalue weighted by atomic mass is 9.99. The number of rotatable bonds is 46. The van der Waals surface area contributed by atoms with Crippen molar-refractivity contribution in [2.24, 2.45) is 23.3 Å². The Labute approximate surface area is 615 Å². The van der Waals surface area contributed by atoms with E-state index in [2.05, 4.69) is 76.4 Å². The van der Waals surface area contributed by atoms with E-state index in [-0.39, 0.29) is 81.2 Å². The van der Waals surface area contributed by atoms with Crippen LogP contribution in [-0.2, 0) is 88.0 Å². The second kappa shape index (κ2) is 46.2. The predicted octanol–water partition coefficient (Wildman–Crippen LogP) is -0.929. The second-order valence-electron chi connectivity index (χ2n) is 25.9. The first kappa shape index (κ1) is 86.8. The van der Waals surface area contributed by atoms with Crippen molar-refractivity contribution in [2.75, 3.05) is 44.0 Å². The molecule has 0 unspecified atom stereocenters. The molecule has 0 aromatic heterocycles. The van der Waals surface area contributed by atoms with Crippen molar-refractivity contribution < 1.29 is 77.6 Å². The number of aromatic hydroxyl groups is 1. The molecule has 4 rings (SSSR count). The standard InChI is InChI=1S/C72H102N14O16S2/c1-42(2)32-50(74)63(93)86-59(41-103)72(102)77-44(5)62(92)78-52(29-31-104-6)66(96)83-57(37-48-25-27-49(88)28-26-48)70(100)85-58(40-87)71(101)84-55(35-46-20-12-8-13-21-46)68(98)79-51(24-16-17-30-73)65(95)82-56(36-47-22-14-9-15-23-47)69(99)80-53(33-43(3)4)67(97)81-54(34-45-18-10-7-11-19-45)64(94)76-38-60(89)75-39-61(90)91/h7-15,18-23,25-28,42-44,50-59,87-88,103H,16-17,24,29-41,73-74H2,1-6H3,(H,75,89)(H,76,94)(H,77,102)(H,78,92)(H,79,98)(H,80,99)(H,81,97)(H,82,95)(H,83,96)(H,84,101)(H,85,100)(H,86,93)(H,90,91)/t44-,50-,51-,52-,53-,54-,55-,56-,57-,58-,59-/m0/s1. The van der Waals surface area contributed by atoms with Crippen LogP contribution in [0.5, 0.6) is 5.75 Å². The van der Waals surface area contributed by atoms with Crippen LogP contribution in [0.2, 0.25) is 0 Å². The number of aliphatic hydroxyl groups excluding tert-OH is 1. The Morgan fingerprint density at radius 3 is 1.23 bits per heavy atom. The van der Waals surface area contributed by atoms with Crippen molar-refractivity contribution in [2.45, 2.75) is 165 Å². The summed E-state index contributed by atoms with van der Waals surface area (Å²) in [5, 5.41) is 61.0. The van der Waals surface area contributed by atoms with E-state index in [1.54, 1.807) is 111 Å². The average molecular weight is 1480 g/mol. The normalized spacial score (nSPS) is 14.3. The number of phenolic OH excluding ortho intramolecular Hbond substituents is 1.